The van der Waals surface area contributed by atoms with E-state index in [4.69, 9.17) is 4.74 Å². The van der Waals surface area contributed by atoms with Crippen LogP contribution in [-0.4, -0.2) is 61.5 Å². The van der Waals surface area contributed by atoms with Gasteiger partial charge in [0, 0.05) is 32.7 Å². The third-order valence-corrected chi connectivity index (χ3v) is 5.91. The summed E-state index contributed by atoms with van der Waals surface area (Å²) >= 11 is 0. The van der Waals surface area contributed by atoms with Crippen molar-refractivity contribution in [2.45, 2.75) is 52.2 Å². The number of ether oxygens (including phenoxy) is 1. The van der Waals surface area contributed by atoms with E-state index in [1.165, 1.54) is 12.5 Å². The Hall–Kier alpha value is -1.17. The van der Waals surface area contributed by atoms with Gasteiger partial charge in [-0.05, 0) is 42.7 Å². The highest BCUT2D eigenvalue weighted by Gasteiger charge is 2.33. The van der Waals surface area contributed by atoms with E-state index in [0.717, 1.165) is 39.0 Å². The lowest BCUT2D eigenvalue weighted by atomic mass is 9.71. The number of aliphatic hydroxyl groups excluding tert-OH is 1. The second-order valence-electron chi connectivity index (χ2n) is 9.26. The molecule has 0 aromatic heterocycles. The number of β-amino-alcohol motifs (C(OH)–C–C–N with tert-alkyl or cyclic N) is 1. The van der Waals surface area contributed by atoms with Crippen LogP contribution in [0.1, 0.15) is 40.0 Å². The number of hydrogen-bond donors (Lipinski definition) is 1. The molecule has 4 nitrogen and oxygen atoms in total. The summed E-state index contributed by atoms with van der Waals surface area (Å²) in [7, 11) is 0. The van der Waals surface area contributed by atoms with Crippen molar-refractivity contribution in [1.82, 2.24) is 4.90 Å². The van der Waals surface area contributed by atoms with E-state index in [0.29, 0.717) is 30.2 Å². The van der Waals surface area contributed by atoms with Crippen LogP contribution in [0.4, 0.5) is 10.1 Å². The molecule has 1 aliphatic carbocycles. The number of hydrogen-bond acceptors (Lipinski definition) is 4. The molecule has 0 spiro atoms. The zero-order valence-electron chi connectivity index (χ0n) is 17.0. The molecule has 3 rings (SSSR count). The van der Waals surface area contributed by atoms with Gasteiger partial charge in [0.05, 0.1) is 24.5 Å². The molecule has 1 heterocycles. The highest BCUT2D eigenvalue weighted by Crippen LogP contribution is 2.39. The number of aliphatic hydroxyl groups is 1. The minimum Gasteiger partial charge on any atom is -0.389 e. The Morgan fingerprint density at radius 2 is 1.89 bits per heavy atom. The van der Waals surface area contributed by atoms with Crippen molar-refractivity contribution in [3.05, 3.63) is 30.1 Å². The first-order valence-corrected chi connectivity index (χ1v) is 10.3. The molecule has 1 saturated carbocycles. The van der Waals surface area contributed by atoms with Gasteiger partial charge in [-0.15, -0.1) is 0 Å². The van der Waals surface area contributed by atoms with Gasteiger partial charge < -0.3 is 14.7 Å². The van der Waals surface area contributed by atoms with Crippen LogP contribution in [0.15, 0.2) is 24.3 Å². The molecule has 0 radical (unpaired) electrons. The van der Waals surface area contributed by atoms with Crippen LogP contribution in [0.25, 0.3) is 0 Å². The van der Waals surface area contributed by atoms with E-state index in [2.05, 4.69) is 30.6 Å². The summed E-state index contributed by atoms with van der Waals surface area (Å²) in [5.74, 6) is 0.520. The standard InChI is InChI=1S/C22H35FN2O2/c1-17-12-19(14-22(2,3)13-17)27-16-18(26)15-24-8-10-25(11-9-24)21-7-5-4-6-20(21)23/h4-7,17-19,26H,8-16H2,1-3H3/t17-,18-,19-/m0/s1. The zero-order chi connectivity index (χ0) is 19.4. The fourth-order valence-electron chi connectivity index (χ4n) is 4.86. The second kappa shape index (κ2) is 8.89. The van der Waals surface area contributed by atoms with E-state index in [9.17, 15) is 9.50 Å². The zero-order valence-corrected chi connectivity index (χ0v) is 17.0. The van der Waals surface area contributed by atoms with Crippen LogP contribution in [0.5, 0.6) is 0 Å². The molecule has 0 unspecified atom stereocenters. The number of rotatable bonds is 6. The summed E-state index contributed by atoms with van der Waals surface area (Å²) < 4.78 is 20.0. The largest absolute Gasteiger partial charge is 0.389 e. The Morgan fingerprint density at radius 3 is 2.56 bits per heavy atom. The van der Waals surface area contributed by atoms with Gasteiger partial charge in [-0.1, -0.05) is 32.9 Å². The maximum atomic E-state index is 13.9. The van der Waals surface area contributed by atoms with E-state index in [1.54, 1.807) is 6.07 Å². The molecule has 5 heteroatoms. The second-order valence-corrected chi connectivity index (χ2v) is 9.26. The Morgan fingerprint density at radius 1 is 1.19 bits per heavy atom. The van der Waals surface area contributed by atoms with Crippen LogP contribution in [0.2, 0.25) is 0 Å². The van der Waals surface area contributed by atoms with Gasteiger partial charge in [0.1, 0.15) is 5.82 Å². The maximum Gasteiger partial charge on any atom is 0.146 e. The highest BCUT2D eigenvalue weighted by atomic mass is 19.1. The third-order valence-electron chi connectivity index (χ3n) is 5.91. The predicted octanol–water partition coefficient (Wildman–Crippen LogP) is 3.54. The quantitative estimate of drug-likeness (QED) is 0.821. The normalized spacial score (nSPS) is 27.5. The first kappa shape index (κ1) is 20.6. The summed E-state index contributed by atoms with van der Waals surface area (Å²) in [6.07, 6.45) is 3.21. The molecule has 2 fully saturated rings. The topological polar surface area (TPSA) is 35.9 Å². The predicted molar refractivity (Wildman–Crippen MR) is 108 cm³/mol. The van der Waals surface area contributed by atoms with Crippen molar-refractivity contribution in [1.29, 1.82) is 0 Å². The molecule has 1 aromatic rings. The Balaban J connectivity index is 1.39. The molecule has 1 N–H and O–H groups in total. The number of benzene rings is 1. The van der Waals surface area contributed by atoms with Crippen molar-refractivity contribution >= 4 is 5.69 Å². The fourth-order valence-corrected chi connectivity index (χ4v) is 4.86. The van der Waals surface area contributed by atoms with Crippen LogP contribution in [-0.2, 0) is 4.74 Å². The molecule has 1 aromatic carbocycles. The summed E-state index contributed by atoms with van der Waals surface area (Å²) in [5.41, 5.74) is 1.01. The molecular formula is C22H35FN2O2. The number of piperazine rings is 1. The highest BCUT2D eigenvalue weighted by molar-refractivity contribution is 5.47. The van der Waals surface area contributed by atoms with Gasteiger partial charge in [0.2, 0.25) is 0 Å². The molecule has 0 amide bonds. The third kappa shape index (κ3) is 5.90. The summed E-state index contributed by atoms with van der Waals surface area (Å²) in [6, 6.07) is 6.94. The van der Waals surface area contributed by atoms with Crippen molar-refractivity contribution in [3.8, 4) is 0 Å². The van der Waals surface area contributed by atoms with E-state index in [1.807, 2.05) is 12.1 Å². The molecule has 2 aliphatic rings. The lowest BCUT2D eigenvalue weighted by Gasteiger charge is -2.39. The van der Waals surface area contributed by atoms with Gasteiger partial charge in [-0.25, -0.2) is 4.39 Å². The SMILES string of the molecule is C[C@H]1C[C@H](OC[C@@H](O)CN2CCN(c3ccccc3F)CC2)CC(C)(C)C1. The Kier molecular flexibility index (Phi) is 6.77. The van der Waals surface area contributed by atoms with Gasteiger partial charge in [0.15, 0.2) is 0 Å². The Labute approximate surface area is 163 Å². The van der Waals surface area contributed by atoms with Crippen molar-refractivity contribution in [2.24, 2.45) is 11.3 Å². The van der Waals surface area contributed by atoms with Crippen molar-refractivity contribution < 1.29 is 14.2 Å². The molecule has 27 heavy (non-hydrogen) atoms. The summed E-state index contributed by atoms with van der Waals surface area (Å²) in [6.45, 7) is 11.2. The van der Waals surface area contributed by atoms with Gasteiger partial charge in [0.25, 0.3) is 0 Å². The van der Waals surface area contributed by atoms with Crippen LogP contribution in [0.3, 0.4) is 0 Å². The van der Waals surface area contributed by atoms with Crippen LogP contribution in [0, 0.1) is 17.2 Å². The van der Waals surface area contributed by atoms with E-state index in [-0.39, 0.29) is 11.9 Å². The number of nitrogens with zero attached hydrogens (tertiary/aromatic N) is 2. The lowest BCUT2D eigenvalue weighted by Crippen LogP contribution is -2.49. The molecular weight excluding hydrogens is 343 g/mol. The molecule has 1 aliphatic heterocycles. The molecule has 152 valence electrons. The minimum absolute atomic E-state index is 0.163. The summed E-state index contributed by atoms with van der Waals surface area (Å²) in [5, 5.41) is 10.4. The number of anilines is 1. The van der Waals surface area contributed by atoms with Gasteiger partial charge in [-0.3, -0.25) is 4.90 Å². The Bertz CT molecular complexity index is 602. The van der Waals surface area contributed by atoms with E-state index >= 15 is 0 Å². The molecule has 1 saturated heterocycles. The first-order valence-electron chi connectivity index (χ1n) is 10.3. The number of halogens is 1. The monoisotopic (exact) mass is 378 g/mol. The van der Waals surface area contributed by atoms with Crippen molar-refractivity contribution in [3.63, 3.8) is 0 Å². The van der Waals surface area contributed by atoms with E-state index < -0.39 is 6.10 Å². The number of para-hydroxylation sites is 1. The van der Waals surface area contributed by atoms with Crippen molar-refractivity contribution in [2.75, 3.05) is 44.2 Å². The van der Waals surface area contributed by atoms with Crippen LogP contribution < -0.4 is 4.90 Å². The first-order chi connectivity index (χ1) is 12.8. The van der Waals surface area contributed by atoms with Gasteiger partial charge >= 0.3 is 0 Å². The van der Waals surface area contributed by atoms with Crippen LogP contribution >= 0.6 is 0 Å². The molecule has 3 atom stereocenters. The average Bonchev–Trinajstić information content (AvgIpc) is 2.60. The smallest absolute Gasteiger partial charge is 0.146 e. The lowest BCUT2D eigenvalue weighted by molar-refractivity contribution is -0.0615. The maximum absolute atomic E-state index is 13.9. The molecule has 0 bridgehead atoms. The summed E-state index contributed by atoms with van der Waals surface area (Å²) in [4.78, 5) is 4.33. The fraction of sp³-hybridized carbons (Fsp3) is 0.727. The van der Waals surface area contributed by atoms with Gasteiger partial charge in [-0.2, -0.15) is 0 Å². The minimum atomic E-state index is -0.467. The average molecular weight is 379 g/mol.